The van der Waals surface area contributed by atoms with Crippen molar-refractivity contribution in [2.75, 3.05) is 44.0 Å². The van der Waals surface area contributed by atoms with Crippen LogP contribution in [0.3, 0.4) is 0 Å². The van der Waals surface area contributed by atoms with Crippen molar-refractivity contribution in [3.63, 3.8) is 0 Å². The minimum atomic E-state index is -0.503. The number of nitrogens with one attached hydrogen (secondary N) is 1. The van der Waals surface area contributed by atoms with Crippen molar-refractivity contribution in [3.05, 3.63) is 58.8 Å². The van der Waals surface area contributed by atoms with Gasteiger partial charge in [0.15, 0.2) is 11.5 Å². The molecule has 0 unspecified atom stereocenters. The van der Waals surface area contributed by atoms with Gasteiger partial charge in [0.05, 0.1) is 10.7 Å². The minimum absolute atomic E-state index is 0.0251. The number of nitrogens with two attached hydrogens (primary N) is 1. The largest absolute Gasteiger partial charge is 0.454 e. The molecule has 0 bridgehead atoms. The number of carbonyl (C=O) groups excluding carboxylic acids is 1. The van der Waals surface area contributed by atoms with Crippen LogP contribution in [0.15, 0.2) is 48.2 Å². The summed E-state index contributed by atoms with van der Waals surface area (Å²) in [5.74, 6) is 1.06. The number of carbonyl (C=O) groups is 1. The number of hydrogen-bond acceptors (Lipinski definition) is 7. The van der Waals surface area contributed by atoms with E-state index < -0.39 is 5.91 Å². The van der Waals surface area contributed by atoms with Crippen LogP contribution in [0.1, 0.15) is 5.56 Å². The fourth-order valence-corrected chi connectivity index (χ4v) is 3.73. The van der Waals surface area contributed by atoms with Crippen molar-refractivity contribution in [1.82, 2.24) is 9.80 Å². The molecule has 0 aliphatic carbocycles. The molecule has 1 saturated heterocycles. The first-order valence-corrected chi connectivity index (χ1v) is 10.2. The summed E-state index contributed by atoms with van der Waals surface area (Å²) in [6.07, 6.45) is 1.61. The first-order valence-electron chi connectivity index (χ1n) is 9.85. The van der Waals surface area contributed by atoms with Gasteiger partial charge in [-0.15, -0.1) is 0 Å². The maximum atomic E-state index is 12.5. The zero-order valence-electron chi connectivity index (χ0n) is 16.8. The summed E-state index contributed by atoms with van der Waals surface area (Å²) in [4.78, 5) is 16.8. The zero-order chi connectivity index (χ0) is 21.8. The summed E-state index contributed by atoms with van der Waals surface area (Å²) in [5.41, 5.74) is 7.76. The van der Waals surface area contributed by atoms with Gasteiger partial charge in [0.1, 0.15) is 11.6 Å². The Morgan fingerprint density at radius 1 is 1.16 bits per heavy atom. The zero-order valence-corrected chi connectivity index (χ0v) is 17.6. The quantitative estimate of drug-likeness (QED) is 0.419. The number of nitrogens with zero attached hydrogens (tertiary/aromatic N) is 3. The Kier molecular flexibility index (Phi) is 6.16. The van der Waals surface area contributed by atoms with Crippen LogP contribution in [0.2, 0.25) is 5.02 Å². The van der Waals surface area contributed by atoms with Gasteiger partial charge in [0.2, 0.25) is 6.79 Å². The van der Waals surface area contributed by atoms with Crippen molar-refractivity contribution in [2.24, 2.45) is 0 Å². The topological polar surface area (TPSA) is 104 Å². The molecule has 0 atom stereocenters. The van der Waals surface area contributed by atoms with E-state index in [-0.39, 0.29) is 12.4 Å². The Bertz CT molecular complexity index is 1060. The molecule has 9 heteroatoms. The molecule has 0 spiro atoms. The van der Waals surface area contributed by atoms with Crippen LogP contribution in [0.5, 0.6) is 11.5 Å². The van der Waals surface area contributed by atoms with E-state index in [4.69, 9.17) is 26.8 Å². The minimum Gasteiger partial charge on any atom is -0.454 e. The Hall–Kier alpha value is -3.41. The third-order valence-electron chi connectivity index (χ3n) is 5.17. The molecular formula is C22H22ClN5O3. The molecule has 160 valence electrons. The summed E-state index contributed by atoms with van der Waals surface area (Å²) in [5, 5.41) is 12.4. The van der Waals surface area contributed by atoms with Crippen LogP contribution in [0.4, 0.5) is 11.4 Å². The summed E-state index contributed by atoms with van der Waals surface area (Å²) >= 11 is 6.10. The van der Waals surface area contributed by atoms with Crippen molar-refractivity contribution in [2.45, 2.75) is 6.54 Å². The molecule has 0 radical (unpaired) electrons. The predicted octanol–water partition coefficient (Wildman–Crippen LogP) is 2.81. The van der Waals surface area contributed by atoms with E-state index in [1.807, 2.05) is 29.2 Å². The van der Waals surface area contributed by atoms with Crippen LogP contribution >= 0.6 is 11.6 Å². The molecule has 2 aromatic rings. The SMILES string of the molecule is N#C/C(=C/N1CCN(Cc2ccc3c(c2)OCO3)CC1)C(=O)Nc1ccc(N)cc1Cl. The van der Waals surface area contributed by atoms with Crippen LogP contribution in [0.25, 0.3) is 0 Å². The van der Waals surface area contributed by atoms with E-state index in [1.54, 1.807) is 24.4 Å². The highest BCUT2D eigenvalue weighted by Gasteiger charge is 2.19. The summed E-state index contributed by atoms with van der Waals surface area (Å²) < 4.78 is 10.8. The number of hydrogen-bond donors (Lipinski definition) is 2. The molecule has 4 rings (SSSR count). The Balaban J connectivity index is 1.32. The lowest BCUT2D eigenvalue weighted by atomic mass is 10.1. The van der Waals surface area contributed by atoms with Gasteiger partial charge in [-0.2, -0.15) is 5.26 Å². The number of amides is 1. The third-order valence-corrected chi connectivity index (χ3v) is 5.48. The van der Waals surface area contributed by atoms with E-state index in [0.717, 1.165) is 36.7 Å². The molecule has 2 aromatic carbocycles. The van der Waals surface area contributed by atoms with E-state index in [9.17, 15) is 10.1 Å². The maximum Gasteiger partial charge on any atom is 0.267 e. The van der Waals surface area contributed by atoms with E-state index in [2.05, 4.69) is 10.2 Å². The van der Waals surface area contributed by atoms with Crippen LogP contribution < -0.4 is 20.5 Å². The highest BCUT2D eigenvalue weighted by Crippen LogP contribution is 2.33. The number of rotatable bonds is 5. The number of nitrogen functional groups attached to an aromatic ring is 1. The normalized spacial score (nSPS) is 16.1. The number of benzene rings is 2. The molecule has 0 saturated carbocycles. The lowest BCUT2D eigenvalue weighted by Gasteiger charge is -2.34. The Morgan fingerprint density at radius 2 is 1.94 bits per heavy atom. The average Bonchev–Trinajstić information content (AvgIpc) is 3.23. The van der Waals surface area contributed by atoms with Crippen molar-refractivity contribution >= 4 is 28.9 Å². The molecule has 1 fully saturated rings. The molecule has 0 aromatic heterocycles. The lowest BCUT2D eigenvalue weighted by Crippen LogP contribution is -2.43. The molecule has 1 amide bonds. The van der Waals surface area contributed by atoms with Gasteiger partial charge >= 0.3 is 0 Å². The van der Waals surface area contributed by atoms with Crippen molar-refractivity contribution < 1.29 is 14.3 Å². The van der Waals surface area contributed by atoms with Gasteiger partial charge in [0, 0.05) is 44.6 Å². The summed E-state index contributed by atoms with van der Waals surface area (Å²) in [7, 11) is 0. The van der Waals surface area contributed by atoms with Crippen molar-refractivity contribution in [3.8, 4) is 17.6 Å². The number of anilines is 2. The van der Waals surface area contributed by atoms with E-state index in [1.165, 1.54) is 0 Å². The standard InChI is InChI=1S/C22H22ClN5O3/c23-18-10-17(25)2-3-19(18)26-22(29)16(11-24)13-28-7-5-27(6-8-28)12-15-1-4-20-21(9-15)31-14-30-20/h1-4,9-10,13H,5-8,12,14,25H2,(H,26,29)/b16-13-. The number of fused-ring (bicyclic) bond motifs is 1. The molecule has 2 heterocycles. The smallest absolute Gasteiger partial charge is 0.267 e. The monoisotopic (exact) mass is 439 g/mol. The van der Waals surface area contributed by atoms with Gasteiger partial charge in [-0.25, -0.2) is 0 Å². The fraction of sp³-hybridized carbons (Fsp3) is 0.273. The van der Waals surface area contributed by atoms with Gasteiger partial charge in [-0.1, -0.05) is 17.7 Å². The maximum absolute atomic E-state index is 12.5. The number of piperazine rings is 1. The second-order valence-corrected chi connectivity index (χ2v) is 7.75. The van der Waals surface area contributed by atoms with Crippen molar-refractivity contribution in [1.29, 1.82) is 5.26 Å². The number of halogens is 1. The second-order valence-electron chi connectivity index (χ2n) is 7.35. The molecule has 3 N–H and O–H groups in total. The summed E-state index contributed by atoms with van der Waals surface area (Å²) in [6, 6.07) is 12.8. The molecule has 8 nitrogen and oxygen atoms in total. The van der Waals surface area contributed by atoms with Crippen LogP contribution in [0, 0.1) is 11.3 Å². The first kappa shape index (κ1) is 20.8. The Morgan fingerprint density at radius 3 is 2.68 bits per heavy atom. The van der Waals surface area contributed by atoms with Gasteiger partial charge in [-0.3, -0.25) is 9.69 Å². The predicted molar refractivity (Wildman–Crippen MR) is 118 cm³/mol. The average molecular weight is 440 g/mol. The molecule has 2 aliphatic rings. The van der Waals surface area contributed by atoms with Crippen LogP contribution in [-0.2, 0) is 11.3 Å². The third kappa shape index (κ3) is 5.02. The van der Waals surface area contributed by atoms with Gasteiger partial charge in [0.25, 0.3) is 5.91 Å². The molecule has 31 heavy (non-hydrogen) atoms. The Labute approximate surface area is 185 Å². The molecular weight excluding hydrogens is 418 g/mol. The van der Waals surface area contributed by atoms with Gasteiger partial charge in [-0.05, 0) is 35.9 Å². The lowest BCUT2D eigenvalue weighted by molar-refractivity contribution is -0.112. The number of nitriles is 1. The highest BCUT2D eigenvalue weighted by atomic mass is 35.5. The molecule has 2 aliphatic heterocycles. The van der Waals surface area contributed by atoms with E-state index >= 15 is 0 Å². The number of ether oxygens (including phenoxy) is 2. The van der Waals surface area contributed by atoms with E-state index in [0.29, 0.717) is 29.5 Å². The second kappa shape index (κ2) is 9.16. The van der Waals surface area contributed by atoms with Crippen LogP contribution in [-0.4, -0.2) is 48.7 Å². The van der Waals surface area contributed by atoms with Gasteiger partial charge < -0.3 is 25.4 Å². The highest BCUT2D eigenvalue weighted by molar-refractivity contribution is 6.34. The fourth-order valence-electron chi connectivity index (χ4n) is 3.49. The summed E-state index contributed by atoms with van der Waals surface area (Å²) in [6.45, 7) is 4.12. The first-order chi connectivity index (χ1) is 15.0.